The minimum atomic E-state index is 0.385. The van der Waals surface area contributed by atoms with Gasteiger partial charge < -0.3 is 10.5 Å². The molecule has 0 saturated carbocycles. The highest BCUT2D eigenvalue weighted by Crippen LogP contribution is 2.29. The van der Waals surface area contributed by atoms with E-state index >= 15 is 0 Å². The predicted molar refractivity (Wildman–Crippen MR) is 73.4 cm³/mol. The number of benzene rings is 1. The van der Waals surface area contributed by atoms with E-state index in [9.17, 15) is 0 Å². The summed E-state index contributed by atoms with van der Waals surface area (Å²) in [7, 11) is 0. The molecule has 0 aliphatic rings. The van der Waals surface area contributed by atoms with E-state index in [4.69, 9.17) is 27.3 Å². The number of nitriles is 1. The Labute approximate surface area is 113 Å². The third kappa shape index (κ3) is 3.29. The maximum absolute atomic E-state index is 8.76. The van der Waals surface area contributed by atoms with Crippen LogP contribution in [0.15, 0.2) is 23.2 Å². The summed E-state index contributed by atoms with van der Waals surface area (Å²) < 4.78 is 6.34. The molecular formula is C11H10ClIN2O. The first kappa shape index (κ1) is 13.1. The molecule has 3 nitrogen and oxygen atoms in total. The summed E-state index contributed by atoms with van der Waals surface area (Å²) in [5.74, 6) is 0.595. The van der Waals surface area contributed by atoms with Gasteiger partial charge in [-0.15, -0.1) is 0 Å². The van der Waals surface area contributed by atoms with Crippen LogP contribution >= 0.6 is 34.2 Å². The number of nitrogens with two attached hydrogens (primary N) is 1. The molecule has 1 rings (SSSR count). The van der Waals surface area contributed by atoms with Gasteiger partial charge in [-0.3, -0.25) is 0 Å². The van der Waals surface area contributed by atoms with Crippen molar-refractivity contribution in [3.05, 3.63) is 32.4 Å². The van der Waals surface area contributed by atoms with Crippen LogP contribution in [-0.2, 0) is 0 Å². The van der Waals surface area contributed by atoms with Gasteiger partial charge in [0, 0.05) is 5.54 Å². The molecule has 1 aromatic carbocycles. The maximum Gasteiger partial charge on any atom is 0.156 e. The highest BCUT2D eigenvalue weighted by molar-refractivity contribution is 14.1. The minimum Gasteiger partial charge on any atom is -0.486 e. The van der Waals surface area contributed by atoms with Crippen molar-refractivity contribution in [3.63, 3.8) is 0 Å². The van der Waals surface area contributed by atoms with Gasteiger partial charge in [0.05, 0.1) is 20.9 Å². The van der Waals surface area contributed by atoms with Crippen molar-refractivity contribution >= 4 is 39.9 Å². The Kier molecular flexibility index (Phi) is 4.90. The van der Waals surface area contributed by atoms with E-state index in [1.807, 2.05) is 13.0 Å². The van der Waals surface area contributed by atoms with Gasteiger partial charge in [0.2, 0.25) is 0 Å². The van der Waals surface area contributed by atoms with Crippen LogP contribution in [-0.4, -0.2) is 6.61 Å². The van der Waals surface area contributed by atoms with Gasteiger partial charge in [0.1, 0.15) is 6.61 Å². The summed E-state index contributed by atoms with van der Waals surface area (Å²) in [6.07, 6.45) is 0. The number of halogens is 2. The summed E-state index contributed by atoms with van der Waals surface area (Å²) >= 11 is 7.61. The highest BCUT2D eigenvalue weighted by atomic mass is 127. The van der Waals surface area contributed by atoms with Gasteiger partial charge in [-0.2, -0.15) is 5.26 Å². The third-order valence-electron chi connectivity index (χ3n) is 1.83. The minimum absolute atomic E-state index is 0.385. The number of rotatable bonds is 3. The van der Waals surface area contributed by atoms with E-state index in [-0.39, 0.29) is 0 Å². The van der Waals surface area contributed by atoms with Crippen molar-refractivity contribution in [2.24, 2.45) is 0 Å². The summed E-state index contributed by atoms with van der Waals surface area (Å²) in [5, 5.41) is 8.76. The molecule has 0 aliphatic heterocycles. The molecule has 0 fully saturated rings. The fourth-order valence-corrected chi connectivity index (χ4v) is 1.91. The molecule has 0 aliphatic carbocycles. The van der Waals surface area contributed by atoms with Crippen LogP contribution in [0.2, 0.25) is 0 Å². The molecule has 0 saturated heterocycles. The molecule has 0 spiro atoms. The second-order valence-electron chi connectivity index (χ2n) is 3.23. The number of anilines is 1. The SMILES string of the molecule is CC(=CCl)COc1c(N)cc(C#N)cc1I. The average molecular weight is 349 g/mol. The Morgan fingerprint density at radius 3 is 2.88 bits per heavy atom. The van der Waals surface area contributed by atoms with Crippen molar-refractivity contribution in [2.45, 2.75) is 6.92 Å². The molecule has 5 heteroatoms. The Balaban J connectivity index is 2.94. The van der Waals surface area contributed by atoms with Gasteiger partial charge in [0.25, 0.3) is 0 Å². The fourth-order valence-electron chi connectivity index (χ4n) is 1.05. The van der Waals surface area contributed by atoms with Crippen molar-refractivity contribution in [1.82, 2.24) is 0 Å². The second-order valence-corrected chi connectivity index (χ2v) is 4.61. The lowest BCUT2D eigenvalue weighted by molar-refractivity contribution is 0.352. The largest absolute Gasteiger partial charge is 0.486 e. The Morgan fingerprint density at radius 2 is 2.38 bits per heavy atom. The predicted octanol–water partition coefficient (Wildman–Crippen LogP) is 3.27. The Morgan fingerprint density at radius 1 is 1.69 bits per heavy atom. The highest BCUT2D eigenvalue weighted by Gasteiger charge is 2.08. The van der Waals surface area contributed by atoms with Crippen LogP contribution in [0.3, 0.4) is 0 Å². The molecule has 0 bridgehead atoms. The second kappa shape index (κ2) is 5.97. The fraction of sp³-hybridized carbons (Fsp3) is 0.182. The molecule has 0 atom stereocenters. The zero-order valence-electron chi connectivity index (χ0n) is 8.63. The molecule has 84 valence electrons. The number of ether oxygens (including phenoxy) is 1. The smallest absolute Gasteiger partial charge is 0.156 e. The van der Waals surface area contributed by atoms with Crippen LogP contribution in [0.25, 0.3) is 0 Å². The van der Waals surface area contributed by atoms with Gasteiger partial charge >= 0.3 is 0 Å². The third-order valence-corrected chi connectivity index (χ3v) is 3.01. The van der Waals surface area contributed by atoms with E-state index < -0.39 is 0 Å². The van der Waals surface area contributed by atoms with Crippen molar-refractivity contribution in [3.8, 4) is 11.8 Å². The van der Waals surface area contributed by atoms with Gasteiger partial charge in [-0.1, -0.05) is 11.6 Å². The van der Waals surface area contributed by atoms with Crippen LogP contribution < -0.4 is 10.5 Å². The van der Waals surface area contributed by atoms with Gasteiger partial charge in [0.15, 0.2) is 5.75 Å². The van der Waals surface area contributed by atoms with Crippen molar-refractivity contribution in [2.75, 3.05) is 12.3 Å². The number of hydrogen-bond acceptors (Lipinski definition) is 3. The van der Waals surface area contributed by atoms with E-state index in [0.29, 0.717) is 23.6 Å². The lowest BCUT2D eigenvalue weighted by Crippen LogP contribution is -2.03. The lowest BCUT2D eigenvalue weighted by Gasteiger charge is -2.11. The Hall–Kier alpha value is -0.930. The van der Waals surface area contributed by atoms with Crippen LogP contribution in [0, 0.1) is 14.9 Å². The molecule has 0 heterocycles. The molecule has 0 unspecified atom stereocenters. The van der Waals surface area contributed by atoms with Crippen LogP contribution in [0.5, 0.6) is 5.75 Å². The number of nitrogen functional groups attached to an aromatic ring is 1. The van der Waals surface area contributed by atoms with Gasteiger partial charge in [-0.05, 0) is 47.2 Å². The monoisotopic (exact) mass is 348 g/mol. The zero-order valence-corrected chi connectivity index (χ0v) is 11.5. The van der Waals surface area contributed by atoms with Crippen molar-refractivity contribution in [1.29, 1.82) is 5.26 Å². The number of hydrogen-bond donors (Lipinski definition) is 1. The summed E-state index contributed by atoms with van der Waals surface area (Å²) in [6, 6.07) is 5.36. The summed E-state index contributed by atoms with van der Waals surface area (Å²) in [6.45, 7) is 2.25. The molecular weight excluding hydrogens is 338 g/mol. The Bertz CT molecular complexity index is 443. The average Bonchev–Trinajstić information content (AvgIpc) is 2.27. The number of nitrogens with zero attached hydrogens (tertiary/aromatic N) is 1. The molecule has 0 radical (unpaired) electrons. The first-order valence-corrected chi connectivity index (χ1v) is 5.97. The van der Waals surface area contributed by atoms with E-state index in [1.54, 1.807) is 12.1 Å². The molecule has 2 N–H and O–H groups in total. The standard InChI is InChI=1S/C11H10ClIN2O/c1-7(4-12)6-16-11-9(13)2-8(5-14)3-10(11)15/h2-4H,6,15H2,1H3. The van der Waals surface area contributed by atoms with Crippen LogP contribution in [0.1, 0.15) is 12.5 Å². The molecule has 16 heavy (non-hydrogen) atoms. The van der Waals surface area contributed by atoms with Gasteiger partial charge in [-0.25, -0.2) is 0 Å². The summed E-state index contributed by atoms with van der Waals surface area (Å²) in [5.41, 5.74) is 9.15. The quantitative estimate of drug-likeness (QED) is 0.674. The van der Waals surface area contributed by atoms with E-state index in [2.05, 4.69) is 22.6 Å². The first-order valence-electron chi connectivity index (χ1n) is 4.46. The normalized spacial score (nSPS) is 11.0. The maximum atomic E-state index is 8.76. The van der Waals surface area contributed by atoms with Crippen LogP contribution in [0.4, 0.5) is 5.69 Å². The molecule has 1 aromatic rings. The van der Waals surface area contributed by atoms with E-state index in [1.165, 1.54) is 5.54 Å². The first-order chi connectivity index (χ1) is 7.58. The van der Waals surface area contributed by atoms with Crippen molar-refractivity contribution < 1.29 is 4.74 Å². The molecule has 0 amide bonds. The lowest BCUT2D eigenvalue weighted by atomic mass is 10.2. The molecule has 0 aromatic heterocycles. The zero-order chi connectivity index (χ0) is 12.1. The topological polar surface area (TPSA) is 59.0 Å². The van der Waals surface area contributed by atoms with E-state index in [0.717, 1.165) is 9.14 Å². The summed E-state index contributed by atoms with van der Waals surface area (Å²) in [4.78, 5) is 0.